The van der Waals surface area contributed by atoms with Crippen LogP contribution in [-0.2, 0) is 9.47 Å². The number of rotatable bonds is 1. The van der Waals surface area contributed by atoms with E-state index in [0.29, 0.717) is 6.79 Å². The van der Waals surface area contributed by atoms with Crippen molar-refractivity contribution in [2.24, 2.45) is 0 Å². The van der Waals surface area contributed by atoms with Gasteiger partial charge in [-0.1, -0.05) is 13.0 Å². The second-order valence-corrected chi connectivity index (χ2v) is 2.83. The molecule has 0 aromatic heterocycles. The maximum atomic E-state index is 5.31. The highest BCUT2D eigenvalue weighted by molar-refractivity contribution is 5.28. The van der Waals surface area contributed by atoms with Crippen molar-refractivity contribution in [3.63, 3.8) is 0 Å². The lowest BCUT2D eigenvalue weighted by Gasteiger charge is -2.12. The van der Waals surface area contributed by atoms with E-state index in [-0.39, 0.29) is 6.10 Å². The molecule has 0 radical (unpaired) electrons. The maximum Gasteiger partial charge on any atom is 0.189 e. The molecule has 0 spiro atoms. The molecule has 0 aromatic rings. The van der Waals surface area contributed by atoms with Gasteiger partial charge in [-0.05, 0) is 24.5 Å². The van der Waals surface area contributed by atoms with Gasteiger partial charge in [0.15, 0.2) is 6.79 Å². The molecule has 0 saturated carbocycles. The zero-order valence-electron chi connectivity index (χ0n) is 6.67. The third-order valence-corrected chi connectivity index (χ3v) is 2.14. The molecule has 0 amide bonds. The highest BCUT2D eigenvalue weighted by Gasteiger charge is 2.24. The van der Waals surface area contributed by atoms with Crippen LogP contribution in [-0.4, -0.2) is 12.9 Å². The first-order chi connectivity index (χ1) is 5.40. The van der Waals surface area contributed by atoms with Crippen molar-refractivity contribution in [1.82, 2.24) is 0 Å². The Morgan fingerprint density at radius 3 is 3.36 bits per heavy atom. The van der Waals surface area contributed by atoms with Gasteiger partial charge in [-0.15, -0.1) is 0 Å². The molecule has 1 heterocycles. The Bertz CT molecular complexity index is 216. The standard InChI is InChI=1S/C9H12O2/c1-2-7-3-4-8-9(5-7)11-6-10-8/h3,5,8H,2,4,6H2,1H3. The molecule has 1 atom stereocenters. The fourth-order valence-corrected chi connectivity index (χ4v) is 1.42. The Kier molecular flexibility index (Phi) is 1.70. The van der Waals surface area contributed by atoms with E-state index in [1.54, 1.807) is 0 Å². The minimum Gasteiger partial charge on any atom is -0.469 e. The summed E-state index contributed by atoms with van der Waals surface area (Å²) in [7, 11) is 0. The molecular formula is C9H12O2. The molecule has 2 rings (SSSR count). The fraction of sp³-hybridized carbons (Fsp3) is 0.556. The van der Waals surface area contributed by atoms with Gasteiger partial charge in [0.05, 0.1) is 0 Å². The number of hydrogen-bond donors (Lipinski definition) is 0. The summed E-state index contributed by atoms with van der Waals surface area (Å²) in [5.74, 6) is 1.02. The van der Waals surface area contributed by atoms with Crippen molar-refractivity contribution in [1.29, 1.82) is 0 Å². The van der Waals surface area contributed by atoms with E-state index in [2.05, 4.69) is 19.1 Å². The average Bonchev–Trinajstić information content (AvgIpc) is 2.50. The second kappa shape index (κ2) is 2.70. The van der Waals surface area contributed by atoms with Crippen LogP contribution in [0.5, 0.6) is 0 Å². The molecule has 0 aromatic carbocycles. The molecule has 0 bridgehead atoms. The Morgan fingerprint density at radius 2 is 2.55 bits per heavy atom. The van der Waals surface area contributed by atoms with Gasteiger partial charge in [0.1, 0.15) is 11.9 Å². The van der Waals surface area contributed by atoms with Crippen LogP contribution in [0.2, 0.25) is 0 Å². The van der Waals surface area contributed by atoms with Crippen molar-refractivity contribution in [2.45, 2.75) is 25.9 Å². The van der Waals surface area contributed by atoms with Crippen LogP contribution in [0, 0.1) is 0 Å². The molecule has 1 fully saturated rings. The highest BCUT2D eigenvalue weighted by Crippen LogP contribution is 2.27. The summed E-state index contributed by atoms with van der Waals surface area (Å²) in [5.41, 5.74) is 1.36. The van der Waals surface area contributed by atoms with Gasteiger partial charge in [0.25, 0.3) is 0 Å². The Balaban J connectivity index is 2.17. The minimum absolute atomic E-state index is 0.213. The van der Waals surface area contributed by atoms with E-state index in [4.69, 9.17) is 9.47 Å². The second-order valence-electron chi connectivity index (χ2n) is 2.83. The minimum atomic E-state index is 0.213. The predicted molar refractivity (Wildman–Crippen MR) is 41.9 cm³/mol. The summed E-state index contributed by atoms with van der Waals surface area (Å²) >= 11 is 0. The van der Waals surface area contributed by atoms with Crippen LogP contribution < -0.4 is 0 Å². The molecule has 1 saturated heterocycles. The van der Waals surface area contributed by atoms with Crippen molar-refractivity contribution in [2.75, 3.05) is 6.79 Å². The highest BCUT2D eigenvalue weighted by atomic mass is 16.7. The van der Waals surface area contributed by atoms with Crippen LogP contribution in [0.15, 0.2) is 23.5 Å². The van der Waals surface area contributed by atoms with Crippen LogP contribution in [0.4, 0.5) is 0 Å². The molecule has 2 heteroatoms. The van der Waals surface area contributed by atoms with Gasteiger partial charge in [-0.25, -0.2) is 0 Å². The van der Waals surface area contributed by atoms with E-state index in [9.17, 15) is 0 Å². The third kappa shape index (κ3) is 1.18. The first kappa shape index (κ1) is 6.92. The normalized spacial score (nSPS) is 28.6. The quantitative estimate of drug-likeness (QED) is 0.572. The summed E-state index contributed by atoms with van der Waals surface area (Å²) in [6, 6.07) is 0. The van der Waals surface area contributed by atoms with Crippen LogP contribution in [0.25, 0.3) is 0 Å². The lowest BCUT2D eigenvalue weighted by atomic mass is 10.0. The lowest BCUT2D eigenvalue weighted by Crippen LogP contribution is -2.09. The molecule has 11 heavy (non-hydrogen) atoms. The van der Waals surface area contributed by atoms with Crippen molar-refractivity contribution in [3.05, 3.63) is 23.5 Å². The molecule has 2 aliphatic rings. The number of ether oxygens (including phenoxy) is 2. The monoisotopic (exact) mass is 152 g/mol. The van der Waals surface area contributed by atoms with E-state index in [1.807, 2.05) is 0 Å². The van der Waals surface area contributed by atoms with Gasteiger partial charge < -0.3 is 9.47 Å². The number of allylic oxidation sites excluding steroid dienone is 2. The first-order valence-corrected chi connectivity index (χ1v) is 4.05. The largest absolute Gasteiger partial charge is 0.469 e. The van der Waals surface area contributed by atoms with Crippen LogP contribution in [0.3, 0.4) is 0 Å². The van der Waals surface area contributed by atoms with Gasteiger partial charge in [-0.2, -0.15) is 0 Å². The molecule has 1 aliphatic carbocycles. The molecule has 1 aliphatic heterocycles. The van der Waals surface area contributed by atoms with E-state index >= 15 is 0 Å². The van der Waals surface area contributed by atoms with Crippen LogP contribution in [0.1, 0.15) is 19.8 Å². The van der Waals surface area contributed by atoms with E-state index in [1.165, 1.54) is 5.57 Å². The van der Waals surface area contributed by atoms with Gasteiger partial charge in [-0.3, -0.25) is 0 Å². The van der Waals surface area contributed by atoms with E-state index in [0.717, 1.165) is 18.6 Å². The maximum absolute atomic E-state index is 5.31. The molecular weight excluding hydrogens is 140 g/mol. The number of fused-ring (bicyclic) bond motifs is 1. The van der Waals surface area contributed by atoms with Crippen molar-refractivity contribution >= 4 is 0 Å². The summed E-state index contributed by atoms with van der Waals surface area (Å²) in [6.45, 7) is 2.58. The summed E-state index contributed by atoms with van der Waals surface area (Å²) in [6.07, 6.45) is 6.60. The molecule has 0 N–H and O–H groups in total. The number of hydrogen-bond acceptors (Lipinski definition) is 2. The van der Waals surface area contributed by atoms with Gasteiger partial charge in [0.2, 0.25) is 0 Å². The lowest BCUT2D eigenvalue weighted by molar-refractivity contribution is 0.0509. The summed E-state index contributed by atoms with van der Waals surface area (Å²) in [4.78, 5) is 0. The summed E-state index contributed by atoms with van der Waals surface area (Å²) < 4.78 is 10.6. The fourth-order valence-electron chi connectivity index (χ4n) is 1.42. The average molecular weight is 152 g/mol. The zero-order chi connectivity index (χ0) is 7.68. The smallest absolute Gasteiger partial charge is 0.189 e. The van der Waals surface area contributed by atoms with Gasteiger partial charge >= 0.3 is 0 Å². The Labute approximate surface area is 66.5 Å². The Morgan fingerprint density at radius 1 is 1.64 bits per heavy atom. The third-order valence-electron chi connectivity index (χ3n) is 2.14. The van der Waals surface area contributed by atoms with Crippen molar-refractivity contribution in [3.8, 4) is 0 Å². The van der Waals surface area contributed by atoms with Gasteiger partial charge in [0, 0.05) is 0 Å². The van der Waals surface area contributed by atoms with Crippen molar-refractivity contribution < 1.29 is 9.47 Å². The zero-order valence-corrected chi connectivity index (χ0v) is 6.67. The molecule has 60 valence electrons. The van der Waals surface area contributed by atoms with Crippen LogP contribution >= 0.6 is 0 Å². The topological polar surface area (TPSA) is 18.5 Å². The van der Waals surface area contributed by atoms with E-state index < -0.39 is 0 Å². The summed E-state index contributed by atoms with van der Waals surface area (Å²) in [5, 5.41) is 0. The molecule has 1 unspecified atom stereocenters. The SMILES string of the molecule is CCC1=CCC2OCOC2=C1. The Hall–Kier alpha value is -0.760. The first-order valence-electron chi connectivity index (χ1n) is 4.05. The predicted octanol–water partition coefficient (Wildman–Crippen LogP) is 1.98. The molecule has 2 nitrogen and oxygen atoms in total.